The summed E-state index contributed by atoms with van der Waals surface area (Å²) in [5, 5.41) is 0. The fourth-order valence-corrected chi connectivity index (χ4v) is 3.73. The van der Waals surface area contributed by atoms with Crippen molar-refractivity contribution in [3.8, 4) is 0 Å². The smallest absolute Gasteiger partial charge is 0.320 e. The van der Waals surface area contributed by atoms with Crippen LogP contribution in [0.1, 0.15) is 29.4 Å². The predicted octanol–water partition coefficient (Wildman–Crippen LogP) is 5.49. The third-order valence-corrected chi connectivity index (χ3v) is 4.99. The van der Waals surface area contributed by atoms with Crippen molar-refractivity contribution in [2.24, 2.45) is 0 Å². The third-order valence-electron chi connectivity index (χ3n) is 4.38. The van der Waals surface area contributed by atoms with Gasteiger partial charge in [-0.1, -0.05) is 18.2 Å². The fraction of sp³-hybridized carbons (Fsp3) is 0.235. The zero-order valence-corrected chi connectivity index (χ0v) is 13.8. The molecular weight excluding hydrogens is 388 g/mol. The van der Waals surface area contributed by atoms with Crippen LogP contribution < -0.4 is 0 Å². The molecule has 0 radical (unpaired) electrons. The first-order chi connectivity index (χ1) is 11.4. The summed E-state index contributed by atoms with van der Waals surface area (Å²) in [5.41, 5.74) is 0.687. The number of halogens is 5. The molecule has 0 spiro atoms. The summed E-state index contributed by atoms with van der Waals surface area (Å²) in [6.07, 6.45) is -3.31. The number of aryl methyl sites for hydroxylation is 1. The number of imidazole rings is 1. The number of hydrogen-bond acceptors (Lipinski definition) is 1. The van der Waals surface area contributed by atoms with Gasteiger partial charge >= 0.3 is 6.18 Å². The number of fused-ring (bicyclic) bond motifs is 3. The number of aromatic nitrogens is 2. The standard InChI is InChI=1S/C17H11BrF4N2/c18-11-7-15-13(8-12(11)19)23-16-6-5-14(24(15)16)9-3-1-2-4-10(9)17(20,21)22/h1-4,7-8,14H,5-6H2/t14-/m0/s1. The molecule has 2 heterocycles. The minimum Gasteiger partial charge on any atom is -0.320 e. The second kappa shape index (κ2) is 5.31. The van der Waals surface area contributed by atoms with Gasteiger partial charge in [-0.05, 0) is 40.0 Å². The van der Waals surface area contributed by atoms with Gasteiger partial charge < -0.3 is 4.57 Å². The second-order valence-electron chi connectivity index (χ2n) is 5.79. The summed E-state index contributed by atoms with van der Waals surface area (Å²) in [5.74, 6) is 0.246. The van der Waals surface area contributed by atoms with Gasteiger partial charge in [0.25, 0.3) is 0 Å². The van der Waals surface area contributed by atoms with Crippen LogP contribution in [0.5, 0.6) is 0 Å². The average Bonchev–Trinajstić information content (AvgIpc) is 3.07. The van der Waals surface area contributed by atoms with Crippen LogP contribution in [-0.4, -0.2) is 9.55 Å². The van der Waals surface area contributed by atoms with Crippen LogP contribution in [0.3, 0.4) is 0 Å². The van der Waals surface area contributed by atoms with Gasteiger partial charge in [0.05, 0.1) is 27.1 Å². The number of nitrogens with zero attached hydrogens (tertiary/aromatic N) is 2. The molecule has 0 amide bonds. The Morgan fingerprint density at radius 1 is 1.17 bits per heavy atom. The molecule has 1 aliphatic heterocycles. The molecule has 0 saturated heterocycles. The maximum atomic E-state index is 13.7. The SMILES string of the molecule is Fc1cc2nc3n(c2cc1Br)[C@H](c1ccccc1C(F)(F)F)CC3. The first-order valence-corrected chi connectivity index (χ1v) is 8.17. The molecule has 2 aromatic carbocycles. The van der Waals surface area contributed by atoms with Gasteiger partial charge in [0.15, 0.2) is 0 Å². The van der Waals surface area contributed by atoms with Crippen molar-refractivity contribution in [3.05, 3.63) is 63.6 Å². The molecule has 0 unspecified atom stereocenters. The van der Waals surface area contributed by atoms with Gasteiger partial charge in [-0.3, -0.25) is 0 Å². The van der Waals surface area contributed by atoms with Crippen LogP contribution in [0.15, 0.2) is 40.9 Å². The maximum Gasteiger partial charge on any atom is 0.416 e. The van der Waals surface area contributed by atoms with Crippen molar-refractivity contribution in [1.29, 1.82) is 0 Å². The number of alkyl halides is 3. The highest BCUT2D eigenvalue weighted by atomic mass is 79.9. The van der Waals surface area contributed by atoms with E-state index in [4.69, 9.17) is 0 Å². The second-order valence-corrected chi connectivity index (χ2v) is 6.65. The van der Waals surface area contributed by atoms with Crippen LogP contribution in [0.2, 0.25) is 0 Å². The van der Waals surface area contributed by atoms with E-state index in [1.165, 1.54) is 18.2 Å². The fourth-order valence-electron chi connectivity index (χ4n) is 3.40. The lowest BCUT2D eigenvalue weighted by Crippen LogP contribution is -2.14. The lowest BCUT2D eigenvalue weighted by atomic mass is 9.98. The topological polar surface area (TPSA) is 17.8 Å². The van der Waals surface area contributed by atoms with E-state index < -0.39 is 23.6 Å². The van der Waals surface area contributed by atoms with Crippen molar-refractivity contribution in [1.82, 2.24) is 9.55 Å². The molecule has 1 atom stereocenters. The van der Waals surface area contributed by atoms with Crippen LogP contribution >= 0.6 is 15.9 Å². The van der Waals surface area contributed by atoms with Gasteiger partial charge in [0, 0.05) is 12.5 Å². The van der Waals surface area contributed by atoms with E-state index in [-0.39, 0.29) is 10.0 Å². The van der Waals surface area contributed by atoms with Crippen molar-refractivity contribution >= 4 is 27.0 Å². The molecule has 3 aromatic rings. The normalized spacial score (nSPS) is 17.5. The Bertz CT molecular complexity index is 946. The molecule has 124 valence electrons. The highest BCUT2D eigenvalue weighted by Crippen LogP contribution is 2.42. The summed E-state index contributed by atoms with van der Waals surface area (Å²) in [4.78, 5) is 4.38. The highest BCUT2D eigenvalue weighted by Gasteiger charge is 2.37. The number of rotatable bonds is 1. The largest absolute Gasteiger partial charge is 0.416 e. The minimum atomic E-state index is -4.41. The zero-order valence-electron chi connectivity index (χ0n) is 12.2. The van der Waals surface area contributed by atoms with E-state index in [2.05, 4.69) is 20.9 Å². The molecule has 0 fully saturated rings. The highest BCUT2D eigenvalue weighted by molar-refractivity contribution is 9.10. The first-order valence-electron chi connectivity index (χ1n) is 7.38. The van der Waals surface area contributed by atoms with Crippen LogP contribution in [0.25, 0.3) is 11.0 Å². The van der Waals surface area contributed by atoms with Gasteiger partial charge in [-0.15, -0.1) is 0 Å². The minimum absolute atomic E-state index is 0.225. The van der Waals surface area contributed by atoms with Crippen LogP contribution in [0, 0.1) is 5.82 Å². The molecule has 0 bridgehead atoms. The first kappa shape index (κ1) is 15.6. The van der Waals surface area contributed by atoms with Crippen molar-refractivity contribution < 1.29 is 17.6 Å². The number of benzene rings is 2. The summed E-state index contributed by atoms with van der Waals surface area (Å²) in [7, 11) is 0. The Morgan fingerprint density at radius 2 is 1.92 bits per heavy atom. The van der Waals surface area contributed by atoms with Crippen LogP contribution in [-0.2, 0) is 12.6 Å². The Morgan fingerprint density at radius 3 is 2.67 bits per heavy atom. The van der Waals surface area contributed by atoms with E-state index in [0.717, 1.165) is 6.07 Å². The Hall–Kier alpha value is -1.89. The lowest BCUT2D eigenvalue weighted by Gasteiger charge is -2.20. The Kier molecular flexibility index (Phi) is 3.46. The van der Waals surface area contributed by atoms with E-state index >= 15 is 0 Å². The molecule has 0 N–H and O–H groups in total. The van der Waals surface area contributed by atoms with Gasteiger partial charge in [-0.2, -0.15) is 13.2 Å². The van der Waals surface area contributed by atoms with E-state index in [1.54, 1.807) is 16.7 Å². The molecule has 0 saturated carbocycles. The maximum absolute atomic E-state index is 13.7. The third kappa shape index (κ3) is 2.33. The predicted molar refractivity (Wildman–Crippen MR) is 85.3 cm³/mol. The summed E-state index contributed by atoms with van der Waals surface area (Å²) in [6.45, 7) is 0. The zero-order chi connectivity index (χ0) is 17.1. The molecule has 24 heavy (non-hydrogen) atoms. The quantitative estimate of drug-likeness (QED) is 0.495. The van der Waals surface area contributed by atoms with E-state index in [1.807, 2.05) is 0 Å². The molecule has 7 heteroatoms. The molecule has 1 aliphatic rings. The summed E-state index contributed by atoms with van der Waals surface area (Å²) < 4.78 is 55.8. The molecule has 4 rings (SSSR count). The molecule has 1 aromatic heterocycles. The van der Waals surface area contributed by atoms with Crippen molar-refractivity contribution in [3.63, 3.8) is 0 Å². The van der Waals surface area contributed by atoms with Gasteiger partial charge in [0.1, 0.15) is 11.6 Å². The number of hydrogen-bond donors (Lipinski definition) is 0. The summed E-state index contributed by atoms with van der Waals surface area (Å²) >= 11 is 3.14. The van der Waals surface area contributed by atoms with E-state index in [0.29, 0.717) is 29.7 Å². The monoisotopic (exact) mass is 398 g/mol. The molecule has 2 nitrogen and oxygen atoms in total. The van der Waals surface area contributed by atoms with Gasteiger partial charge in [0.2, 0.25) is 0 Å². The van der Waals surface area contributed by atoms with E-state index in [9.17, 15) is 17.6 Å². The van der Waals surface area contributed by atoms with Gasteiger partial charge in [-0.25, -0.2) is 9.37 Å². The average molecular weight is 399 g/mol. The lowest BCUT2D eigenvalue weighted by molar-refractivity contribution is -0.138. The molecule has 0 aliphatic carbocycles. The Labute approximate surface area is 143 Å². The Balaban J connectivity index is 1.93. The molecular formula is C17H11BrF4N2. The van der Waals surface area contributed by atoms with Crippen LogP contribution in [0.4, 0.5) is 17.6 Å². The van der Waals surface area contributed by atoms with Crippen molar-refractivity contribution in [2.75, 3.05) is 0 Å². The van der Waals surface area contributed by atoms with Crippen molar-refractivity contribution in [2.45, 2.75) is 25.1 Å². The summed E-state index contributed by atoms with van der Waals surface area (Å²) in [6, 6.07) is 8.03.